The van der Waals surface area contributed by atoms with Crippen LogP contribution in [0, 0.1) is 22.2 Å². The Morgan fingerprint density at radius 1 is 1.00 bits per heavy atom. The molecule has 0 heterocycles. The predicted octanol–water partition coefficient (Wildman–Crippen LogP) is 9.18. The fourth-order valence-corrected chi connectivity index (χ4v) is 5.71. The van der Waals surface area contributed by atoms with Crippen molar-refractivity contribution in [2.24, 2.45) is 16.7 Å². The number of hydrogen-bond acceptors (Lipinski definition) is 4. The van der Waals surface area contributed by atoms with Crippen LogP contribution in [0.15, 0.2) is 67.3 Å². The molecule has 0 saturated heterocycles. The number of nitrogens with zero attached hydrogens (tertiary/aromatic N) is 1. The number of allylic oxidation sites excluding steroid dienone is 1. The van der Waals surface area contributed by atoms with Gasteiger partial charge in [0.05, 0.1) is 0 Å². The maximum Gasteiger partial charge on any atom is 0.410 e. The molecule has 1 aliphatic rings. The van der Waals surface area contributed by atoms with Crippen LogP contribution in [0.3, 0.4) is 0 Å². The first-order chi connectivity index (χ1) is 18.3. The van der Waals surface area contributed by atoms with Gasteiger partial charge < -0.3 is 9.64 Å². The number of carbonyl (C=O) groups excluding carboxylic acids is 2. The summed E-state index contributed by atoms with van der Waals surface area (Å²) in [6.45, 7) is 19.9. The highest BCUT2D eigenvalue weighted by atomic mass is 16.6. The standard InChI is InChI=1S/C33H47NO2.CHNO/c1-9-10-22-33(8,31(2,3)4)28-20-21-29(23-28)34(30(35)36-32(5,6)7)24-25-16-18-27(19-17-25)26-14-12-11-13-15-26;2-1-3/h9,11-19,28-29H,1,10,20-24H2,2-8H3;2H/t28?,29-,33?;/m0./s1. The molecule has 2 unspecified atom stereocenters. The topological polar surface area (TPSA) is 70.5 Å². The number of isocyanates is 1. The van der Waals surface area contributed by atoms with E-state index in [2.05, 4.69) is 82.8 Å². The Balaban J connectivity index is 0.00000170. The van der Waals surface area contributed by atoms with E-state index in [0.717, 1.165) is 43.7 Å². The molecule has 212 valence electrons. The third-order valence-electron chi connectivity index (χ3n) is 8.37. The van der Waals surface area contributed by atoms with Gasteiger partial charge in [-0.3, -0.25) is 0 Å². The van der Waals surface area contributed by atoms with E-state index < -0.39 is 5.60 Å². The molecule has 3 rings (SSSR count). The lowest BCUT2D eigenvalue weighted by atomic mass is 9.58. The lowest BCUT2D eigenvalue weighted by molar-refractivity contribution is 0.00653. The molecule has 39 heavy (non-hydrogen) atoms. The Bertz CT molecular complexity index is 1090. The van der Waals surface area contributed by atoms with Crippen LogP contribution < -0.4 is 0 Å². The molecule has 0 aliphatic heterocycles. The Morgan fingerprint density at radius 3 is 2.08 bits per heavy atom. The number of amides is 1. The van der Waals surface area contributed by atoms with Crippen LogP contribution in [-0.4, -0.2) is 28.7 Å². The quantitative estimate of drug-likeness (QED) is 0.209. The second kappa shape index (κ2) is 13.8. The van der Waals surface area contributed by atoms with Crippen molar-refractivity contribution in [3.05, 3.63) is 72.8 Å². The van der Waals surface area contributed by atoms with Crippen LogP contribution in [0.2, 0.25) is 0 Å². The fraction of sp³-hybridized carbons (Fsp3) is 0.529. The molecule has 1 amide bonds. The van der Waals surface area contributed by atoms with E-state index >= 15 is 0 Å². The second-order valence-corrected chi connectivity index (χ2v) is 12.9. The van der Waals surface area contributed by atoms with E-state index in [-0.39, 0.29) is 23.0 Å². The van der Waals surface area contributed by atoms with E-state index in [9.17, 15) is 4.79 Å². The average molecular weight is 533 g/mol. The van der Waals surface area contributed by atoms with Crippen molar-refractivity contribution in [1.29, 1.82) is 5.41 Å². The molecule has 0 bridgehead atoms. The lowest BCUT2D eigenvalue weighted by Gasteiger charge is -2.47. The van der Waals surface area contributed by atoms with E-state index in [4.69, 9.17) is 14.9 Å². The molecule has 5 nitrogen and oxygen atoms in total. The normalized spacial score (nSPS) is 18.6. The number of ether oxygens (including phenoxy) is 1. The van der Waals surface area contributed by atoms with E-state index in [1.165, 1.54) is 11.1 Å². The van der Waals surface area contributed by atoms with E-state index in [1.807, 2.05) is 37.8 Å². The number of benzene rings is 2. The highest BCUT2D eigenvalue weighted by Gasteiger charge is 2.47. The highest BCUT2D eigenvalue weighted by molar-refractivity contribution is 5.69. The fourth-order valence-electron chi connectivity index (χ4n) is 5.71. The molecule has 0 radical (unpaired) electrons. The van der Waals surface area contributed by atoms with Gasteiger partial charge in [0.15, 0.2) is 0 Å². The summed E-state index contributed by atoms with van der Waals surface area (Å²) >= 11 is 0. The Kier molecular flexibility index (Phi) is 11.3. The molecule has 1 saturated carbocycles. The summed E-state index contributed by atoms with van der Waals surface area (Å²) in [7, 11) is 0. The molecule has 2 aromatic rings. The summed E-state index contributed by atoms with van der Waals surface area (Å²) in [5.74, 6) is 0.563. The summed E-state index contributed by atoms with van der Waals surface area (Å²) < 4.78 is 5.90. The Morgan fingerprint density at radius 2 is 1.56 bits per heavy atom. The number of rotatable bonds is 8. The first-order valence-corrected chi connectivity index (χ1v) is 14.0. The minimum atomic E-state index is -0.519. The largest absolute Gasteiger partial charge is 0.444 e. The SMILES string of the molecule is C=CCCC(C)(C1CC[C@H](N(Cc2ccc(-c3ccccc3)cc2)C(=O)OC(C)(C)C)C1)C(C)(C)C.N=C=O. The molecule has 1 fully saturated rings. The van der Waals surface area contributed by atoms with Gasteiger partial charge in [-0.1, -0.05) is 88.4 Å². The molecule has 0 aromatic heterocycles. The van der Waals surface area contributed by atoms with Crippen molar-refractivity contribution in [3.8, 4) is 11.1 Å². The van der Waals surface area contributed by atoms with Crippen LogP contribution in [0.25, 0.3) is 11.1 Å². The zero-order valence-electron chi connectivity index (χ0n) is 25.0. The van der Waals surface area contributed by atoms with Crippen molar-refractivity contribution in [1.82, 2.24) is 4.90 Å². The first-order valence-electron chi connectivity index (χ1n) is 14.0. The molecule has 1 aliphatic carbocycles. The van der Waals surface area contributed by atoms with Gasteiger partial charge in [-0.2, -0.15) is 0 Å². The van der Waals surface area contributed by atoms with Gasteiger partial charge in [0.2, 0.25) is 6.08 Å². The number of carbonyl (C=O) groups is 1. The smallest absolute Gasteiger partial charge is 0.410 e. The molecule has 3 atom stereocenters. The molecule has 1 N–H and O–H groups in total. The lowest BCUT2D eigenvalue weighted by Crippen LogP contribution is -2.43. The monoisotopic (exact) mass is 532 g/mol. The van der Waals surface area contributed by atoms with Gasteiger partial charge in [-0.25, -0.2) is 15.0 Å². The van der Waals surface area contributed by atoms with Crippen LogP contribution >= 0.6 is 0 Å². The number of hydrogen-bond donors (Lipinski definition) is 1. The van der Waals surface area contributed by atoms with Gasteiger partial charge in [0.25, 0.3) is 0 Å². The van der Waals surface area contributed by atoms with Gasteiger partial charge in [0, 0.05) is 12.6 Å². The number of nitrogens with one attached hydrogen (secondary N) is 1. The molecule has 5 heteroatoms. The zero-order chi connectivity index (χ0) is 29.3. The molecule has 2 aromatic carbocycles. The summed E-state index contributed by atoms with van der Waals surface area (Å²) in [5, 5.41) is 5.40. The van der Waals surface area contributed by atoms with Crippen molar-refractivity contribution >= 4 is 12.2 Å². The predicted molar refractivity (Wildman–Crippen MR) is 160 cm³/mol. The van der Waals surface area contributed by atoms with Crippen LogP contribution in [0.4, 0.5) is 4.79 Å². The van der Waals surface area contributed by atoms with Crippen LogP contribution in [-0.2, 0) is 16.1 Å². The van der Waals surface area contributed by atoms with E-state index in [1.54, 1.807) is 0 Å². The third kappa shape index (κ3) is 8.93. The Labute approximate surface area is 236 Å². The maximum absolute atomic E-state index is 13.5. The molecular formula is C34H48N2O3. The maximum atomic E-state index is 13.5. The van der Waals surface area contributed by atoms with Crippen LogP contribution in [0.1, 0.15) is 86.1 Å². The van der Waals surface area contributed by atoms with Crippen molar-refractivity contribution < 1.29 is 14.3 Å². The minimum Gasteiger partial charge on any atom is -0.444 e. The molecule has 0 spiro atoms. The summed E-state index contributed by atoms with van der Waals surface area (Å²) in [6, 6.07) is 19.2. The van der Waals surface area contributed by atoms with Gasteiger partial charge >= 0.3 is 6.09 Å². The van der Waals surface area contributed by atoms with Crippen molar-refractivity contribution in [2.75, 3.05) is 0 Å². The Hall–Kier alpha value is -3.17. The second-order valence-electron chi connectivity index (χ2n) is 12.9. The van der Waals surface area contributed by atoms with Crippen LogP contribution in [0.5, 0.6) is 0 Å². The highest BCUT2D eigenvalue weighted by Crippen LogP contribution is 2.54. The first kappa shape index (κ1) is 32.0. The molecular weight excluding hydrogens is 484 g/mol. The summed E-state index contributed by atoms with van der Waals surface area (Å²) in [6.07, 6.45) is 7.93. The van der Waals surface area contributed by atoms with Gasteiger partial charge in [0.1, 0.15) is 5.60 Å². The van der Waals surface area contributed by atoms with Crippen molar-refractivity contribution in [2.45, 2.75) is 98.8 Å². The third-order valence-corrected chi connectivity index (χ3v) is 8.37. The minimum absolute atomic E-state index is 0.180. The summed E-state index contributed by atoms with van der Waals surface area (Å²) in [4.78, 5) is 23.8. The zero-order valence-corrected chi connectivity index (χ0v) is 25.0. The summed E-state index contributed by atoms with van der Waals surface area (Å²) in [5.41, 5.74) is 3.37. The van der Waals surface area contributed by atoms with Gasteiger partial charge in [-0.15, -0.1) is 6.58 Å². The van der Waals surface area contributed by atoms with Gasteiger partial charge in [-0.05, 0) is 86.3 Å². The van der Waals surface area contributed by atoms with Crippen molar-refractivity contribution in [3.63, 3.8) is 0 Å². The van der Waals surface area contributed by atoms with E-state index in [0.29, 0.717) is 12.5 Å². The average Bonchev–Trinajstić information content (AvgIpc) is 3.36.